The van der Waals surface area contributed by atoms with Crippen LogP contribution in [0.25, 0.3) is 0 Å². The molecule has 0 bridgehead atoms. The average molecular weight is 264 g/mol. The number of aliphatic carboxylic acids is 1. The van der Waals surface area contributed by atoms with Gasteiger partial charge >= 0.3 is 5.97 Å². The lowest BCUT2D eigenvalue weighted by atomic mass is 10.4. The van der Waals surface area contributed by atoms with Gasteiger partial charge in [0.15, 0.2) is 0 Å². The minimum Gasteiger partial charge on any atom is -0.478 e. The van der Waals surface area contributed by atoms with Crippen LogP contribution < -0.4 is 0 Å². The number of carbonyl (C=O) groups is 1. The molecule has 18 heavy (non-hydrogen) atoms. The van der Waals surface area contributed by atoms with Crippen molar-refractivity contribution in [3.63, 3.8) is 0 Å². The van der Waals surface area contributed by atoms with E-state index in [1.165, 1.54) is 6.92 Å². The van der Waals surface area contributed by atoms with E-state index in [1.54, 1.807) is 14.2 Å². The number of carboxylic acids is 1. The van der Waals surface area contributed by atoms with E-state index < -0.39 is 5.97 Å². The van der Waals surface area contributed by atoms with E-state index in [9.17, 15) is 4.79 Å². The molecule has 1 N–H and O–H groups in total. The van der Waals surface area contributed by atoms with Crippen molar-refractivity contribution in [1.82, 2.24) is 0 Å². The van der Waals surface area contributed by atoms with Gasteiger partial charge in [-0.2, -0.15) is 0 Å². The fourth-order valence-corrected chi connectivity index (χ4v) is 0.606. The highest BCUT2D eigenvalue weighted by molar-refractivity contribution is 5.84. The summed E-state index contributed by atoms with van der Waals surface area (Å²) in [6.45, 7) is 8.37. The molecule has 0 spiro atoms. The molecule has 0 saturated heterocycles. The lowest BCUT2D eigenvalue weighted by Gasteiger charge is -2.04. The smallest absolute Gasteiger partial charge is 0.330 e. The van der Waals surface area contributed by atoms with Crippen LogP contribution in [0.5, 0.6) is 0 Å². The minimum atomic E-state index is -0.935. The van der Waals surface area contributed by atoms with Gasteiger partial charge in [0, 0.05) is 19.8 Å². The average Bonchev–Trinajstić information content (AvgIpc) is 2.33. The Morgan fingerprint density at radius 3 is 1.44 bits per heavy atom. The molecule has 0 fully saturated rings. The highest BCUT2D eigenvalue weighted by atomic mass is 16.5. The molecule has 0 aliphatic heterocycles. The molecular weight excluding hydrogens is 240 g/mol. The molecule has 0 amide bonds. The van der Waals surface area contributed by atoms with Gasteiger partial charge in [-0.1, -0.05) is 6.58 Å². The molecule has 0 aromatic carbocycles. The van der Waals surface area contributed by atoms with Gasteiger partial charge in [0.25, 0.3) is 0 Å². The summed E-state index contributed by atoms with van der Waals surface area (Å²) in [5.41, 5.74) is 0.176. The molecule has 108 valence electrons. The van der Waals surface area contributed by atoms with Crippen LogP contribution >= 0.6 is 0 Å². The van der Waals surface area contributed by atoms with Crippen LogP contribution in [-0.4, -0.2) is 64.9 Å². The van der Waals surface area contributed by atoms with Gasteiger partial charge in [0.2, 0.25) is 0 Å². The zero-order valence-electron chi connectivity index (χ0n) is 11.4. The van der Waals surface area contributed by atoms with Crippen LogP contribution in [0.2, 0.25) is 0 Å². The van der Waals surface area contributed by atoms with Crippen molar-refractivity contribution < 1.29 is 28.8 Å². The maximum atomic E-state index is 9.60. The van der Waals surface area contributed by atoms with Crippen molar-refractivity contribution in [3.8, 4) is 0 Å². The summed E-state index contributed by atoms with van der Waals surface area (Å²) >= 11 is 0. The summed E-state index contributed by atoms with van der Waals surface area (Å²) < 4.78 is 19.9. The standard InChI is InChI=1S/C8H18O4.C4H6O2/c1-9-3-5-11-7-8-12-6-4-10-2;1-3(2)4(5)6/h3-8H2,1-2H3;1H2,2H3,(H,5,6). The summed E-state index contributed by atoms with van der Waals surface area (Å²) in [6.07, 6.45) is 0. The number of hydrogen-bond acceptors (Lipinski definition) is 5. The second-order valence-electron chi connectivity index (χ2n) is 3.30. The lowest BCUT2D eigenvalue weighted by Crippen LogP contribution is -2.10. The number of rotatable bonds is 10. The second kappa shape index (κ2) is 16.1. The molecular formula is C12H24O6. The highest BCUT2D eigenvalue weighted by Crippen LogP contribution is 1.81. The summed E-state index contributed by atoms with van der Waals surface area (Å²) in [6, 6.07) is 0. The third-order valence-electron chi connectivity index (χ3n) is 1.60. The van der Waals surface area contributed by atoms with E-state index in [1.807, 2.05) is 0 Å². The van der Waals surface area contributed by atoms with E-state index in [-0.39, 0.29) is 5.57 Å². The molecule has 0 aliphatic rings. The number of carboxylic acid groups (broad SMARTS) is 1. The normalized spacial score (nSPS) is 9.50. The van der Waals surface area contributed by atoms with Gasteiger partial charge in [0.05, 0.1) is 39.6 Å². The predicted molar refractivity (Wildman–Crippen MR) is 67.8 cm³/mol. The summed E-state index contributed by atoms with van der Waals surface area (Å²) in [5, 5.41) is 7.89. The SMILES string of the molecule is C=C(C)C(=O)O.COCCOCCOCCOC. The van der Waals surface area contributed by atoms with Gasteiger partial charge in [-0.25, -0.2) is 4.79 Å². The Kier molecular flexibility index (Phi) is 17.3. The van der Waals surface area contributed by atoms with Crippen LogP contribution in [-0.2, 0) is 23.7 Å². The first-order valence-corrected chi connectivity index (χ1v) is 5.58. The molecule has 0 aliphatic carbocycles. The van der Waals surface area contributed by atoms with Crippen molar-refractivity contribution in [2.75, 3.05) is 53.9 Å². The van der Waals surface area contributed by atoms with E-state index in [4.69, 9.17) is 24.1 Å². The molecule has 0 saturated carbocycles. The van der Waals surface area contributed by atoms with Gasteiger partial charge < -0.3 is 24.1 Å². The predicted octanol–water partition coefficient (Wildman–Crippen LogP) is 0.959. The lowest BCUT2D eigenvalue weighted by molar-refractivity contribution is -0.132. The third kappa shape index (κ3) is 20.5. The van der Waals surface area contributed by atoms with Gasteiger partial charge in [-0.15, -0.1) is 0 Å². The largest absolute Gasteiger partial charge is 0.478 e. The molecule has 0 atom stereocenters. The molecule has 0 rings (SSSR count). The monoisotopic (exact) mass is 264 g/mol. The van der Waals surface area contributed by atoms with Crippen molar-refractivity contribution in [2.45, 2.75) is 6.92 Å². The maximum Gasteiger partial charge on any atom is 0.330 e. The molecule has 0 aromatic rings. The summed E-state index contributed by atoms with van der Waals surface area (Å²) in [4.78, 5) is 9.60. The fourth-order valence-electron chi connectivity index (χ4n) is 0.606. The second-order valence-corrected chi connectivity index (χ2v) is 3.30. The van der Waals surface area contributed by atoms with E-state index in [0.29, 0.717) is 39.6 Å². The quantitative estimate of drug-likeness (QED) is 0.468. The topological polar surface area (TPSA) is 74.2 Å². The Labute approximate surface area is 108 Å². The van der Waals surface area contributed by atoms with Crippen molar-refractivity contribution in [1.29, 1.82) is 0 Å². The van der Waals surface area contributed by atoms with Crippen LogP contribution in [0.4, 0.5) is 0 Å². The van der Waals surface area contributed by atoms with Crippen molar-refractivity contribution in [2.24, 2.45) is 0 Å². The Morgan fingerprint density at radius 1 is 0.944 bits per heavy atom. The Morgan fingerprint density at radius 2 is 1.22 bits per heavy atom. The van der Waals surface area contributed by atoms with E-state index in [2.05, 4.69) is 6.58 Å². The van der Waals surface area contributed by atoms with E-state index in [0.717, 1.165) is 0 Å². The Balaban J connectivity index is 0. The molecule has 0 radical (unpaired) electrons. The first kappa shape index (κ1) is 19.4. The summed E-state index contributed by atoms with van der Waals surface area (Å²) in [5.74, 6) is -0.935. The zero-order chi connectivity index (χ0) is 14.2. The maximum absolute atomic E-state index is 9.60. The van der Waals surface area contributed by atoms with Crippen molar-refractivity contribution >= 4 is 5.97 Å². The number of ether oxygens (including phenoxy) is 4. The highest BCUT2D eigenvalue weighted by Gasteiger charge is 1.90. The number of hydrogen-bond donors (Lipinski definition) is 1. The van der Waals surface area contributed by atoms with Gasteiger partial charge in [0.1, 0.15) is 0 Å². The van der Waals surface area contributed by atoms with Crippen LogP contribution in [0.1, 0.15) is 6.92 Å². The van der Waals surface area contributed by atoms with Gasteiger partial charge in [-0.3, -0.25) is 0 Å². The van der Waals surface area contributed by atoms with Crippen LogP contribution in [0.3, 0.4) is 0 Å². The third-order valence-corrected chi connectivity index (χ3v) is 1.60. The Bertz CT molecular complexity index is 183. The summed E-state index contributed by atoms with van der Waals surface area (Å²) in [7, 11) is 3.30. The van der Waals surface area contributed by atoms with Crippen LogP contribution in [0, 0.1) is 0 Å². The van der Waals surface area contributed by atoms with E-state index >= 15 is 0 Å². The van der Waals surface area contributed by atoms with Crippen molar-refractivity contribution in [3.05, 3.63) is 12.2 Å². The Hall–Kier alpha value is -0.950. The first-order chi connectivity index (χ1) is 8.56. The molecule has 0 unspecified atom stereocenters. The minimum absolute atomic E-state index is 0.176. The van der Waals surface area contributed by atoms with Crippen LogP contribution in [0.15, 0.2) is 12.2 Å². The zero-order valence-corrected chi connectivity index (χ0v) is 11.4. The first-order valence-electron chi connectivity index (χ1n) is 5.58. The fraction of sp³-hybridized carbons (Fsp3) is 0.750. The molecule has 0 aromatic heterocycles. The van der Waals surface area contributed by atoms with Gasteiger partial charge in [-0.05, 0) is 6.92 Å². The number of methoxy groups -OCH3 is 2. The molecule has 6 nitrogen and oxygen atoms in total. The molecule has 0 heterocycles. The molecule has 6 heteroatoms.